The summed E-state index contributed by atoms with van der Waals surface area (Å²) in [6.07, 6.45) is -1.77. The summed E-state index contributed by atoms with van der Waals surface area (Å²) in [5.74, 6) is -0.587. The average molecular weight is 318 g/mol. The van der Waals surface area contributed by atoms with Gasteiger partial charge in [-0.15, -0.1) is 0 Å². The molecule has 0 bridgehead atoms. The fraction of sp³-hybridized carbons (Fsp3) is 0.235. The van der Waals surface area contributed by atoms with Gasteiger partial charge in [-0.2, -0.15) is 0 Å². The van der Waals surface area contributed by atoms with Crippen molar-refractivity contribution in [3.05, 3.63) is 60.7 Å². The molecule has 0 aliphatic rings. The summed E-state index contributed by atoms with van der Waals surface area (Å²) in [6.45, 7) is 1.90. The Kier molecular flexibility index (Phi) is 6.08. The Bertz CT molecular complexity index is 547. The van der Waals surface area contributed by atoms with Gasteiger partial charge in [0.15, 0.2) is 6.29 Å². The van der Waals surface area contributed by atoms with E-state index in [1.807, 2.05) is 60.7 Å². The zero-order valence-electron chi connectivity index (χ0n) is 12.3. The lowest BCUT2D eigenvalue weighted by molar-refractivity contribution is -0.150. The Morgan fingerprint density at radius 1 is 1.00 bits per heavy atom. The van der Waals surface area contributed by atoms with Crippen LogP contribution in [0.4, 0.5) is 0 Å². The second-order valence-electron chi connectivity index (χ2n) is 4.65. The number of carbonyl (C=O) groups excluding carboxylic acids is 1. The topological polar surface area (TPSA) is 66.8 Å². The fourth-order valence-electron chi connectivity index (χ4n) is 2.24. The number of hydrogen-bond acceptors (Lipinski definition) is 4. The van der Waals surface area contributed by atoms with E-state index in [0.29, 0.717) is 0 Å². The molecule has 2 N–H and O–H groups in total. The number of rotatable bonds is 6. The second-order valence-corrected chi connectivity index (χ2v) is 6.98. The first kappa shape index (κ1) is 16.6. The Labute approximate surface area is 131 Å². The van der Waals surface area contributed by atoms with E-state index in [1.165, 1.54) is 0 Å². The average Bonchev–Trinajstić information content (AvgIpc) is 2.54. The van der Waals surface area contributed by atoms with Crippen LogP contribution >= 0.6 is 7.92 Å². The molecule has 4 nitrogen and oxygen atoms in total. The van der Waals surface area contributed by atoms with Crippen molar-refractivity contribution >= 4 is 24.5 Å². The first-order chi connectivity index (χ1) is 10.6. The minimum absolute atomic E-state index is 0.203. The number of aliphatic hydroxyl groups is 2. The van der Waals surface area contributed by atoms with Gasteiger partial charge < -0.3 is 14.9 Å². The van der Waals surface area contributed by atoms with Gasteiger partial charge in [0, 0.05) is 0 Å². The maximum absolute atomic E-state index is 12.2. The van der Waals surface area contributed by atoms with Crippen LogP contribution in [-0.2, 0) is 9.53 Å². The molecule has 0 saturated heterocycles. The van der Waals surface area contributed by atoms with Crippen molar-refractivity contribution in [3.63, 3.8) is 0 Å². The van der Waals surface area contributed by atoms with Gasteiger partial charge in [0.2, 0.25) is 0 Å². The molecule has 1 atom stereocenters. The molecule has 2 aromatic rings. The van der Waals surface area contributed by atoms with Gasteiger partial charge in [-0.05, 0) is 25.5 Å². The van der Waals surface area contributed by atoms with Gasteiger partial charge in [-0.1, -0.05) is 60.7 Å². The highest BCUT2D eigenvalue weighted by Crippen LogP contribution is 2.41. The zero-order valence-corrected chi connectivity index (χ0v) is 13.2. The van der Waals surface area contributed by atoms with E-state index >= 15 is 0 Å². The highest BCUT2D eigenvalue weighted by atomic mass is 31.1. The maximum Gasteiger partial charge on any atom is 0.319 e. The predicted octanol–water partition coefficient (Wildman–Crippen LogP) is 1.36. The highest BCUT2D eigenvalue weighted by molar-refractivity contribution is 7.74. The summed E-state index contributed by atoms with van der Waals surface area (Å²) < 4.78 is 5.05. The Balaban J connectivity index is 2.49. The normalized spacial score (nSPS) is 12.4. The van der Waals surface area contributed by atoms with Gasteiger partial charge in [0.25, 0.3) is 0 Å². The fourth-order valence-corrected chi connectivity index (χ4v) is 4.71. The Hall–Kier alpha value is -1.74. The van der Waals surface area contributed by atoms with Crippen LogP contribution in [0.25, 0.3) is 0 Å². The number of esters is 1. The van der Waals surface area contributed by atoms with E-state index in [9.17, 15) is 15.0 Å². The summed E-state index contributed by atoms with van der Waals surface area (Å²) in [4.78, 5) is 12.2. The van der Waals surface area contributed by atoms with Gasteiger partial charge in [0.05, 0.1) is 6.61 Å². The van der Waals surface area contributed by atoms with Gasteiger partial charge in [-0.3, -0.25) is 4.79 Å². The first-order valence-corrected chi connectivity index (χ1v) is 8.48. The summed E-state index contributed by atoms with van der Waals surface area (Å²) in [5, 5.41) is 21.3. The Morgan fingerprint density at radius 2 is 1.45 bits per heavy atom. The molecule has 0 aromatic heterocycles. The summed E-state index contributed by atoms with van der Waals surface area (Å²) in [7, 11) is -1.28. The molecule has 1 unspecified atom stereocenters. The lowest BCUT2D eigenvalue weighted by Gasteiger charge is -2.28. The van der Waals surface area contributed by atoms with E-state index in [0.717, 1.165) is 10.6 Å². The minimum atomic E-state index is -1.77. The number of hydrogen-bond donors (Lipinski definition) is 2. The quantitative estimate of drug-likeness (QED) is 0.479. The van der Waals surface area contributed by atoms with Crippen molar-refractivity contribution in [2.45, 2.75) is 18.9 Å². The van der Waals surface area contributed by atoms with E-state index in [1.54, 1.807) is 6.92 Å². The van der Waals surface area contributed by atoms with Crippen LogP contribution in [0.3, 0.4) is 0 Å². The molecule has 5 heteroatoms. The summed E-state index contributed by atoms with van der Waals surface area (Å²) >= 11 is 0. The van der Waals surface area contributed by atoms with E-state index in [2.05, 4.69) is 0 Å². The highest BCUT2D eigenvalue weighted by Gasteiger charge is 2.36. The molecule has 2 aromatic carbocycles. The lowest BCUT2D eigenvalue weighted by atomic mass is 10.4. The molecule has 0 aliphatic carbocycles. The number of ether oxygens (including phenoxy) is 1. The van der Waals surface area contributed by atoms with E-state index < -0.39 is 25.8 Å². The summed E-state index contributed by atoms with van der Waals surface area (Å²) in [6, 6.07) is 18.9. The molecular weight excluding hydrogens is 299 g/mol. The SMILES string of the molecule is CCOC(=O)C(C(O)O)P(c1ccccc1)c1ccccc1. The smallest absolute Gasteiger partial charge is 0.319 e. The number of benzene rings is 2. The number of aliphatic hydroxyl groups excluding tert-OH is 1. The third kappa shape index (κ3) is 3.92. The van der Waals surface area contributed by atoms with Crippen molar-refractivity contribution in [2.24, 2.45) is 0 Å². The van der Waals surface area contributed by atoms with Crippen LogP contribution in [0.2, 0.25) is 0 Å². The molecule has 116 valence electrons. The Morgan fingerprint density at radius 3 is 1.82 bits per heavy atom. The molecule has 0 spiro atoms. The van der Waals surface area contributed by atoms with Gasteiger partial charge >= 0.3 is 5.97 Å². The maximum atomic E-state index is 12.2. The third-order valence-electron chi connectivity index (χ3n) is 3.16. The van der Waals surface area contributed by atoms with Crippen LogP contribution in [0.15, 0.2) is 60.7 Å². The van der Waals surface area contributed by atoms with Crippen molar-refractivity contribution in [3.8, 4) is 0 Å². The zero-order chi connectivity index (χ0) is 15.9. The van der Waals surface area contributed by atoms with E-state index in [-0.39, 0.29) is 6.61 Å². The second kappa shape index (κ2) is 8.04. The molecule has 0 radical (unpaired) electrons. The van der Waals surface area contributed by atoms with Crippen LogP contribution in [0, 0.1) is 0 Å². The minimum Gasteiger partial charge on any atom is -0.465 e. The molecule has 2 rings (SSSR count). The van der Waals surface area contributed by atoms with Crippen molar-refractivity contribution in [1.29, 1.82) is 0 Å². The largest absolute Gasteiger partial charge is 0.465 e. The van der Waals surface area contributed by atoms with Crippen molar-refractivity contribution in [1.82, 2.24) is 0 Å². The van der Waals surface area contributed by atoms with Crippen LogP contribution < -0.4 is 10.6 Å². The van der Waals surface area contributed by atoms with Gasteiger partial charge in [-0.25, -0.2) is 0 Å². The van der Waals surface area contributed by atoms with Gasteiger partial charge in [0.1, 0.15) is 5.66 Å². The molecule has 0 heterocycles. The number of carbonyl (C=O) groups is 1. The summed E-state index contributed by atoms with van der Waals surface area (Å²) in [5.41, 5.74) is -1.01. The molecular formula is C17H19O4P. The van der Waals surface area contributed by atoms with Crippen LogP contribution in [0.1, 0.15) is 6.92 Å². The van der Waals surface area contributed by atoms with Crippen molar-refractivity contribution < 1.29 is 19.7 Å². The van der Waals surface area contributed by atoms with Crippen molar-refractivity contribution in [2.75, 3.05) is 6.61 Å². The lowest BCUT2D eigenvalue weighted by Crippen LogP contribution is -2.39. The van der Waals surface area contributed by atoms with Crippen LogP contribution in [-0.4, -0.2) is 34.7 Å². The third-order valence-corrected chi connectivity index (χ3v) is 5.90. The molecule has 0 fully saturated rings. The van der Waals surface area contributed by atoms with E-state index in [4.69, 9.17) is 4.74 Å². The predicted molar refractivity (Wildman–Crippen MR) is 87.7 cm³/mol. The molecule has 22 heavy (non-hydrogen) atoms. The molecule has 0 saturated carbocycles. The standard InChI is InChI=1S/C17H19O4P/c1-2-21-17(20)15(16(18)19)22(13-9-5-3-6-10-13)14-11-7-4-8-12-14/h3-12,15-16,18-19H,2H2,1H3. The monoisotopic (exact) mass is 318 g/mol. The first-order valence-electron chi connectivity index (χ1n) is 7.07. The molecule has 0 amide bonds. The molecule has 0 aliphatic heterocycles. The van der Waals surface area contributed by atoms with Crippen LogP contribution in [0.5, 0.6) is 0 Å².